The minimum absolute atomic E-state index is 0.117. The minimum Gasteiger partial charge on any atom is -0.480 e. The molecule has 0 aliphatic rings. The molecule has 24 heavy (non-hydrogen) atoms. The van der Waals surface area contributed by atoms with Crippen molar-refractivity contribution in [3.63, 3.8) is 0 Å². The molecule has 0 aliphatic carbocycles. The van der Waals surface area contributed by atoms with Crippen LogP contribution in [-0.2, 0) is 4.79 Å². The number of anilines is 1. The Bertz CT molecular complexity index is 798. The number of nitro benzene ring substituents is 1. The molecule has 0 bridgehead atoms. The largest absolute Gasteiger partial charge is 0.480 e. The van der Waals surface area contributed by atoms with Gasteiger partial charge in [0.05, 0.1) is 9.40 Å². The van der Waals surface area contributed by atoms with E-state index in [2.05, 4.69) is 21.2 Å². The fourth-order valence-corrected chi connectivity index (χ4v) is 2.51. The molecule has 1 amide bonds. The number of hydrogen-bond donors (Lipinski definition) is 1. The zero-order chi connectivity index (χ0) is 17.9. The normalized spacial score (nSPS) is 11.7. The van der Waals surface area contributed by atoms with Gasteiger partial charge in [0.1, 0.15) is 5.75 Å². The molecule has 0 fully saturated rings. The summed E-state index contributed by atoms with van der Waals surface area (Å²) < 4.78 is 19.6. The Morgan fingerprint density at radius 2 is 2.04 bits per heavy atom. The van der Waals surface area contributed by atoms with Crippen molar-refractivity contribution in [1.29, 1.82) is 0 Å². The van der Waals surface area contributed by atoms with E-state index >= 15 is 0 Å². The Kier molecular flexibility index (Phi) is 5.50. The smallest absolute Gasteiger partial charge is 0.306 e. The number of carbonyl (C=O) groups excluding carboxylic acids is 1. The van der Waals surface area contributed by atoms with Gasteiger partial charge in [-0.05, 0) is 59.6 Å². The number of aryl methyl sites for hydroxylation is 1. The van der Waals surface area contributed by atoms with E-state index < -0.39 is 28.4 Å². The van der Waals surface area contributed by atoms with Gasteiger partial charge in [-0.1, -0.05) is 6.07 Å². The molecule has 0 saturated carbocycles. The molecule has 2 rings (SSSR count). The summed E-state index contributed by atoms with van der Waals surface area (Å²) in [4.78, 5) is 22.0. The summed E-state index contributed by atoms with van der Waals surface area (Å²) in [6.45, 7) is 3.46. The van der Waals surface area contributed by atoms with Crippen LogP contribution >= 0.6 is 15.9 Å². The summed E-state index contributed by atoms with van der Waals surface area (Å²) >= 11 is 3.35. The summed E-state index contributed by atoms with van der Waals surface area (Å²) in [7, 11) is 0. The van der Waals surface area contributed by atoms with Crippen LogP contribution in [0.15, 0.2) is 40.9 Å². The van der Waals surface area contributed by atoms with Crippen LogP contribution in [-0.4, -0.2) is 16.9 Å². The van der Waals surface area contributed by atoms with E-state index in [1.165, 1.54) is 6.07 Å². The molecule has 2 aromatic rings. The lowest BCUT2D eigenvalue weighted by Crippen LogP contribution is -2.30. The maximum absolute atomic E-state index is 13.3. The standard InChI is InChI=1S/C16H14BrFN2O4/c1-9-3-6-15(12(17)7-9)24-10(2)16(21)19-11-4-5-13(18)14(8-11)20(22)23/h3-8,10H,1-2H3,(H,19,21). The van der Waals surface area contributed by atoms with E-state index in [1.807, 2.05) is 19.1 Å². The monoisotopic (exact) mass is 396 g/mol. The zero-order valence-corrected chi connectivity index (χ0v) is 14.5. The van der Waals surface area contributed by atoms with E-state index in [-0.39, 0.29) is 5.69 Å². The van der Waals surface area contributed by atoms with Gasteiger partial charge < -0.3 is 10.1 Å². The molecule has 0 saturated heterocycles. The molecule has 1 unspecified atom stereocenters. The van der Waals surface area contributed by atoms with Gasteiger partial charge in [0, 0.05) is 11.8 Å². The van der Waals surface area contributed by atoms with Crippen LogP contribution in [0.1, 0.15) is 12.5 Å². The summed E-state index contributed by atoms with van der Waals surface area (Å²) in [6, 6.07) is 8.55. The second kappa shape index (κ2) is 7.39. The maximum Gasteiger partial charge on any atom is 0.306 e. The number of nitro groups is 1. The van der Waals surface area contributed by atoms with Crippen LogP contribution < -0.4 is 10.1 Å². The second-order valence-corrected chi connectivity index (χ2v) is 5.96. The summed E-state index contributed by atoms with van der Waals surface area (Å²) in [5, 5.41) is 13.2. The second-order valence-electron chi connectivity index (χ2n) is 5.11. The highest BCUT2D eigenvalue weighted by atomic mass is 79.9. The van der Waals surface area contributed by atoms with Crippen LogP contribution in [0.5, 0.6) is 5.75 Å². The molecular weight excluding hydrogens is 383 g/mol. The third-order valence-corrected chi connectivity index (χ3v) is 3.79. The summed E-state index contributed by atoms with van der Waals surface area (Å²) in [5.74, 6) is -0.984. The predicted octanol–water partition coefficient (Wildman–Crippen LogP) is 4.21. The third kappa shape index (κ3) is 4.29. The molecule has 8 heteroatoms. The highest BCUT2D eigenvalue weighted by Crippen LogP contribution is 2.27. The molecule has 0 radical (unpaired) electrons. The third-order valence-electron chi connectivity index (χ3n) is 3.17. The highest BCUT2D eigenvalue weighted by molar-refractivity contribution is 9.10. The average molecular weight is 397 g/mol. The molecular formula is C16H14BrFN2O4. The number of benzene rings is 2. The van der Waals surface area contributed by atoms with Crippen molar-refractivity contribution in [3.05, 3.63) is 62.4 Å². The van der Waals surface area contributed by atoms with Crippen molar-refractivity contribution in [3.8, 4) is 5.75 Å². The molecule has 0 aromatic heterocycles. The van der Waals surface area contributed by atoms with Crippen LogP contribution in [0.4, 0.5) is 15.8 Å². The number of nitrogens with one attached hydrogen (secondary N) is 1. The Hall–Kier alpha value is -2.48. The Morgan fingerprint density at radius 3 is 2.67 bits per heavy atom. The van der Waals surface area contributed by atoms with E-state index in [0.29, 0.717) is 10.2 Å². The van der Waals surface area contributed by atoms with Gasteiger partial charge >= 0.3 is 5.69 Å². The molecule has 1 N–H and O–H groups in total. The van der Waals surface area contributed by atoms with Gasteiger partial charge in [0.15, 0.2) is 6.10 Å². The van der Waals surface area contributed by atoms with Crippen molar-refractivity contribution in [2.75, 3.05) is 5.32 Å². The molecule has 0 spiro atoms. The SMILES string of the molecule is Cc1ccc(OC(C)C(=O)Nc2ccc(F)c([N+](=O)[O-])c2)c(Br)c1. The van der Waals surface area contributed by atoms with Crippen molar-refractivity contribution < 1.29 is 18.8 Å². The van der Waals surface area contributed by atoms with Crippen LogP contribution in [0.25, 0.3) is 0 Å². The molecule has 0 heterocycles. The van der Waals surface area contributed by atoms with Crippen LogP contribution in [0.2, 0.25) is 0 Å². The highest BCUT2D eigenvalue weighted by Gasteiger charge is 2.19. The first kappa shape index (κ1) is 17.9. The first-order valence-electron chi connectivity index (χ1n) is 6.95. The lowest BCUT2D eigenvalue weighted by atomic mass is 10.2. The molecule has 6 nitrogen and oxygen atoms in total. The number of nitrogens with zero attached hydrogens (tertiary/aromatic N) is 1. The quantitative estimate of drug-likeness (QED) is 0.606. The number of amides is 1. The van der Waals surface area contributed by atoms with E-state index in [9.17, 15) is 19.3 Å². The maximum atomic E-state index is 13.3. The Balaban J connectivity index is 2.09. The van der Waals surface area contributed by atoms with Crippen molar-refractivity contribution in [2.24, 2.45) is 0 Å². The predicted molar refractivity (Wildman–Crippen MR) is 90.7 cm³/mol. The topological polar surface area (TPSA) is 81.5 Å². The first-order chi connectivity index (χ1) is 11.3. The zero-order valence-electron chi connectivity index (χ0n) is 12.9. The van der Waals surface area contributed by atoms with Crippen molar-refractivity contribution in [2.45, 2.75) is 20.0 Å². The van der Waals surface area contributed by atoms with Gasteiger partial charge in [-0.25, -0.2) is 0 Å². The Labute approximate surface area is 145 Å². The van der Waals surface area contributed by atoms with E-state index in [4.69, 9.17) is 4.74 Å². The Morgan fingerprint density at radius 1 is 1.33 bits per heavy atom. The van der Waals surface area contributed by atoms with Gasteiger partial charge in [0.25, 0.3) is 5.91 Å². The van der Waals surface area contributed by atoms with Crippen molar-refractivity contribution in [1.82, 2.24) is 0 Å². The average Bonchev–Trinajstić information content (AvgIpc) is 2.51. The van der Waals surface area contributed by atoms with Gasteiger partial charge in [-0.15, -0.1) is 0 Å². The van der Waals surface area contributed by atoms with Crippen molar-refractivity contribution >= 4 is 33.2 Å². The lowest BCUT2D eigenvalue weighted by Gasteiger charge is -2.16. The molecule has 0 aliphatic heterocycles. The number of carbonyl (C=O) groups is 1. The van der Waals surface area contributed by atoms with Gasteiger partial charge in [-0.2, -0.15) is 4.39 Å². The number of hydrogen-bond acceptors (Lipinski definition) is 4. The van der Waals surface area contributed by atoms with E-state index in [1.54, 1.807) is 13.0 Å². The minimum atomic E-state index is -0.967. The number of halogens is 2. The fraction of sp³-hybridized carbons (Fsp3) is 0.188. The number of rotatable bonds is 5. The summed E-state index contributed by atoms with van der Waals surface area (Å²) in [6.07, 6.45) is -0.854. The van der Waals surface area contributed by atoms with Gasteiger partial charge in [0.2, 0.25) is 5.82 Å². The molecule has 1 atom stereocenters. The van der Waals surface area contributed by atoms with E-state index in [0.717, 1.165) is 17.7 Å². The lowest BCUT2D eigenvalue weighted by molar-refractivity contribution is -0.387. The van der Waals surface area contributed by atoms with Crippen LogP contribution in [0.3, 0.4) is 0 Å². The van der Waals surface area contributed by atoms with Crippen LogP contribution in [0, 0.1) is 22.9 Å². The molecule has 126 valence electrons. The first-order valence-corrected chi connectivity index (χ1v) is 7.75. The van der Waals surface area contributed by atoms with Gasteiger partial charge in [-0.3, -0.25) is 14.9 Å². The molecule has 2 aromatic carbocycles. The fourth-order valence-electron chi connectivity index (χ4n) is 1.92. The summed E-state index contributed by atoms with van der Waals surface area (Å²) in [5.41, 5.74) is 0.444. The number of ether oxygens (including phenoxy) is 1.